The van der Waals surface area contributed by atoms with Crippen molar-refractivity contribution in [2.75, 3.05) is 46.3 Å². The second-order valence-electron chi connectivity index (χ2n) is 4.81. The lowest BCUT2D eigenvalue weighted by Gasteiger charge is -2.24. The molecule has 1 saturated heterocycles. The Balaban J connectivity index is 2.18. The van der Waals surface area contributed by atoms with E-state index in [9.17, 15) is 0 Å². The summed E-state index contributed by atoms with van der Waals surface area (Å²) < 4.78 is 0. The Hall–Kier alpha value is -0.120. The van der Waals surface area contributed by atoms with Crippen LogP contribution in [0.5, 0.6) is 0 Å². The summed E-state index contributed by atoms with van der Waals surface area (Å²) in [5, 5.41) is 3.56. The number of rotatable bonds is 5. The molecule has 1 fully saturated rings. The highest BCUT2D eigenvalue weighted by atomic mass is 15.2. The number of hydrogen-bond donors (Lipinski definition) is 1. The SMILES string of the molecule is CCCNC(C)CN1CCCN(C)CC1. The van der Waals surface area contributed by atoms with Gasteiger partial charge in [0.25, 0.3) is 0 Å². The second kappa shape index (κ2) is 7.20. The minimum absolute atomic E-state index is 0.633. The number of likely N-dealkylation sites (N-methyl/N-ethyl adjacent to an activating group) is 1. The average Bonchev–Trinajstić information content (AvgIpc) is 2.41. The largest absolute Gasteiger partial charge is 0.313 e. The van der Waals surface area contributed by atoms with Crippen LogP contribution in [0.15, 0.2) is 0 Å². The molecule has 0 aromatic rings. The number of hydrogen-bond acceptors (Lipinski definition) is 3. The van der Waals surface area contributed by atoms with Gasteiger partial charge < -0.3 is 15.1 Å². The molecule has 1 N–H and O–H groups in total. The normalized spacial score (nSPS) is 22.6. The van der Waals surface area contributed by atoms with Gasteiger partial charge in [0.15, 0.2) is 0 Å². The third-order valence-electron chi connectivity index (χ3n) is 3.09. The minimum atomic E-state index is 0.633. The van der Waals surface area contributed by atoms with E-state index in [1.807, 2.05) is 0 Å². The minimum Gasteiger partial charge on any atom is -0.313 e. The highest BCUT2D eigenvalue weighted by Crippen LogP contribution is 2.01. The molecule has 15 heavy (non-hydrogen) atoms. The fraction of sp³-hybridized carbons (Fsp3) is 1.00. The molecule has 0 aromatic carbocycles. The molecule has 1 aliphatic rings. The van der Waals surface area contributed by atoms with E-state index >= 15 is 0 Å². The first kappa shape index (κ1) is 12.9. The van der Waals surface area contributed by atoms with Crippen LogP contribution in [-0.2, 0) is 0 Å². The molecule has 0 bridgehead atoms. The molecule has 0 amide bonds. The Bertz CT molecular complexity index is 161. The van der Waals surface area contributed by atoms with Crippen LogP contribution in [0.3, 0.4) is 0 Å². The molecule has 1 atom stereocenters. The van der Waals surface area contributed by atoms with E-state index in [1.54, 1.807) is 0 Å². The maximum atomic E-state index is 3.56. The van der Waals surface area contributed by atoms with Gasteiger partial charge in [-0.2, -0.15) is 0 Å². The zero-order chi connectivity index (χ0) is 11.1. The molecule has 0 saturated carbocycles. The van der Waals surface area contributed by atoms with Gasteiger partial charge in [-0.05, 0) is 46.4 Å². The van der Waals surface area contributed by atoms with Crippen molar-refractivity contribution in [2.45, 2.75) is 32.7 Å². The molecule has 3 nitrogen and oxygen atoms in total. The third-order valence-corrected chi connectivity index (χ3v) is 3.09. The van der Waals surface area contributed by atoms with E-state index in [4.69, 9.17) is 0 Å². The van der Waals surface area contributed by atoms with Crippen LogP contribution in [0.2, 0.25) is 0 Å². The third kappa shape index (κ3) is 5.50. The smallest absolute Gasteiger partial charge is 0.0166 e. The van der Waals surface area contributed by atoms with Crippen LogP contribution in [0.25, 0.3) is 0 Å². The lowest BCUT2D eigenvalue weighted by Crippen LogP contribution is -2.40. The summed E-state index contributed by atoms with van der Waals surface area (Å²) in [5.41, 5.74) is 0. The lowest BCUT2D eigenvalue weighted by atomic mass is 10.3. The first-order valence-electron chi connectivity index (χ1n) is 6.36. The van der Waals surface area contributed by atoms with Gasteiger partial charge in [-0.15, -0.1) is 0 Å². The van der Waals surface area contributed by atoms with Crippen molar-refractivity contribution in [2.24, 2.45) is 0 Å². The zero-order valence-electron chi connectivity index (χ0n) is 10.6. The summed E-state index contributed by atoms with van der Waals surface area (Å²) in [4.78, 5) is 5.03. The molecule has 1 rings (SSSR count). The van der Waals surface area contributed by atoms with Crippen molar-refractivity contribution >= 4 is 0 Å². The molecule has 0 aromatic heterocycles. The molecule has 0 radical (unpaired) electrons. The van der Waals surface area contributed by atoms with E-state index in [1.165, 1.54) is 45.6 Å². The van der Waals surface area contributed by atoms with Crippen molar-refractivity contribution in [1.82, 2.24) is 15.1 Å². The van der Waals surface area contributed by atoms with Crippen molar-refractivity contribution < 1.29 is 0 Å². The van der Waals surface area contributed by atoms with E-state index < -0.39 is 0 Å². The Morgan fingerprint density at radius 1 is 1.20 bits per heavy atom. The van der Waals surface area contributed by atoms with Crippen LogP contribution < -0.4 is 5.32 Å². The monoisotopic (exact) mass is 213 g/mol. The van der Waals surface area contributed by atoms with E-state index in [-0.39, 0.29) is 0 Å². The molecule has 1 heterocycles. The van der Waals surface area contributed by atoms with Gasteiger partial charge >= 0.3 is 0 Å². The fourth-order valence-corrected chi connectivity index (χ4v) is 2.13. The molecular formula is C12H27N3. The van der Waals surface area contributed by atoms with Gasteiger partial charge in [0.1, 0.15) is 0 Å². The van der Waals surface area contributed by atoms with Crippen LogP contribution in [0, 0.1) is 0 Å². The van der Waals surface area contributed by atoms with E-state index in [2.05, 4.69) is 36.0 Å². The summed E-state index contributed by atoms with van der Waals surface area (Å²) in [5.74, 6) is 0. The van der Waals surface area contributed by atoms with Crippen LogP contribution in [0.4, 0.5) is 0 Å². The van der Waals surface area contributed by atoms with Gasteiger partial charge in [0.2, 0.25) is 0 Å². The summed E-state index contributed by atoms with van der Waals surface area (Å²) in [6, 6.07) is 0.633. The predicted octanol–water partition coefficient (Wildman–Crippen LogP) is 1.01. The summed E-state index contributed by atoms with van der Waals surface area (Å²) in [6.45, 7) is 11.8. The van der Waals surface area contributed by atoms with Gasteiger partial charge in [0.05, 0.1) is 0 Å². The molecule has 90 valence electrons. The topological polar surface area (TPSA) is 18.5 Å². The Labute approximate surface area is 94.8 Å². The van der Waals surface area contributed by atoms with Gasteiger partial charge in [0, 0.05) is 25.7 Å². The first-order valence-corrected chi connectivity index (χ1v) is 6.36. The second-order valence-corrected chi connectivity index (χ2v) is 4.81. The molecule has 0 aliphatic carbocycles. The Kier molecular flexibility index (Phi) is 6.22. The van der Waals surface area contributed by atoms with E-state index in [0.29, 0.717) is 6.04 Å². The van der Waals surface area contributed by atoms with Crippen LogP contribution >= 0.6 is 0 Å². The highest BCUT2D eigenvalue weighted by molar-refractivity contribution is 4.72. The van der Waals surface area contributed by atoms with Gasteiger partial charge in [-0.3, -0.25) is 0 Å². The Morgan fingerprint density at radius 3 is 2.73 bits per heavy atom. The maximum absolute atomic E-state index is 3.56. The van der Waals surface area contributed by atoms with Gasteiger partial charge in [-0.1, -0.05) is 6.92 Å². The quantitative estimate of drug-likeness (QED) is 0.735. The molecule has 1 aliphatic heterocycles. The molecular weight excluding hydrogens is 186 g/mol. The van der Waals surface area contributed by atoms with Crippen molar-refractivity contribution in [1.29, 1.82) is 0 Å². The average molecular weight is 213 g/mol. The van der Waals surface area contributed by atoms with Crippen LogP contribution in [-0.4, -0.2) is 62.2 Å². The maximum Gasteiger partial charge on any atom is 0.0166 e. The number of nitrogens with one attached hydrogen (secondary N) is 1. The predicted molar refractivity (Wildman–Crippen MR) is 66.3 cm³/mol. The summed E-state index contributed by atoms with van der Waals surface area (Å²) in [7, 11) is 2.22. The number of nitrogens with zero attached hydrogens (tertiary/aromatic N) is 2. The zero-order valence-corrected chi connectivity index (χ0v) is 10.6. The Morgan fingerprint density at radius 2 is 2.00 bits per heavy atom. The van der Waals surface area contributed by atoms with Crippen molar-refractivity contribution in [3.05, 3.63) is 0 Å². The van der Waals surface area contributed by atoms with E-state index in [0.717, 1.165) is 6.54 Å². The van der Waals surface area contributed by atoms with Crippen molar-refractivity contribution in [3.8, 4) is 0 Å². The van der Waals surface area contributed by atoms with Crippen LogP contribution in [0.1, 0.15) is 26.7 Å². The molecule has 3 heteroatoms. The standard InChI is InChI=1S/C12H27N3/c1-4-6-13-12(2)11-15-8-5-7-14(3)9-10-15/h12-13H,4-11H2,1-3H3. The lowest BCUT2D eigenvalue weighted by molar-refractivity contribution is 0.252. The first-order chi connectivity index (χ1) is 7.22. The molecule has 1 unspecified atom stereocenters. The molecule has 0 spiro atoms. The summed E-state index contributed by atoms with van der Waals surface area (Å²) >= 11 is 0. The van der Waals surface area contributed by atoms with Crippen molar-refractivity contribution in [3.63, 3.8) is 0 Å². The summed E-state index contributed by atoms with van der Waals surface area (Å²) in [6.07, 6.45) is 2.55. The van der Waals surface area contributed by atoms with Gasteiger partial charge in [-0.25, -0.2) is 0 Å². The fourth-order valence-electron chi connectivity index (χ4n) is 2.13. The highest BCUT2D eigenvalue weighted by Gasteiger charge is 2.13.